The van der Waals surface area contributed by atoms with E-state index in [1.165, 1.54) is 0 Å². The third-order valence-electron chi connectivity index (χ3n) is 2.25. The van der Waals surface area contributed by atoms with Crippen LogP contribution >= 0.6 is 11.6 Å². The summed E-state index contributed by atoms with van der Waals surface area (Å²) in [5.74, 6) is 0.348. The summed E-state index contributed by atoms with van der Waals surface area (Å²) in [5.41, 5.74) is 0. The van der Waals surface area contributed by atoms with Crippen LogP contribution in [0.4, 0.5) is 0 Å². The highest BCUT2D eigenvalue weighted by molar-refractivity contribution is 6.19. The average Bonchev–Trinajstić information content (AvgIpc) is 2.18. The highest BCUT2D eigenvalue weighted by atomic mass is 35.5. The van der Waals surface area contributed by atoms with Gasteiger partial charge < -0.3 is 10.1 Å². The minimum Gasteiger partial charge on any atom is -0.381 e. The van der Waals surface area contributed by atoms with Crippen LogP contribution in [0.1, 0.15) is 19.8 Å². The molecule has 3 nitrogen and oxygen atoms in total. The van der Waals surface area contributed by atoms with E-state index in [2.05, 4.69) is 5.32 Å². The van der Waals surface area contributed by atoms with Crippen molar-refractivity contribution in [2.45, 2.75) is 25.8 Å². The fourth-order valence-electron chi connectivity index (χ4n) is 1.26. The Bertz CT molecular complexity index is 169. The summed E-state index contributed by atoms with van der Waals surface area (Å²) in [4.78, 5) is 11.4. The van der Waals surface area contributed by atoms with E-state index in [1.54, 1.807) is 0 Å². The second-order valence-corrected chi connectivity index (χ2v) is 3.76. The van der Waals surface area contributed by atoms with Crippen LogP contribution in [0.5, 0.6) is 0 Å². The van der Waals surface area contributed by atoms with Crippen molar-refractivity contribution in [1.82, 2.24) is 5.32 Å². The van der Waals surface area contributed by atoms with Gasteiger partial charge in [0.2, 0.25) is 5.91 Å². The first-order chi connectivity index (χ1) is 6.24. The van der Waals surface area contributed by atoms with E-state index < -0.39 is 0 Å². The molecular weight excluding hydrogens is 190 g/mol. The first-order valence-corrected chi connectivity index (χ1v) is 5.21. The van der Waals surface area contributed by atoms with Crippen LogP contribution < -0.4 is 5.32 Å². The molecule has 1 fully saturated rings. The van der Waals surface area contributed by atoms with Crippen LogP contribution in [0.15, 0.2) is 0 Å². The molecule has 0 saturated carbocycles. The molecule has 1 atom stereocenters. The maximum atomic E-state index is 11.4. The van der Waals surface area contributed by atoms with Crippen molar-refractivity contribution in [2.24, 2.45) is 5.92 Å². The predicted molar refractivity (Wildman–Crippen MR) is 51.9 cm³/mol. The summed E-state index contributed by atoms with van der Waals surface area (Å²) >= 11 is 5.58. The van der Waals surface area contributed by atoms with Gasteiger partial charge in [-0.3, -0.25) is 4.79 Å². The molecule has 1 aliphatic rings. The van der Waals surface area contributed by atoms with Crippen LogP contribution in [0.3, 0.4) is 0 Å². The minimum absolute atomic E-state index is 0.0573. The standard InChI is InChI=1S/C9H16ClNO2/c1-7(6-10)9(12)11-8-2-4-13-5-3-8/h7-8H,2-6H2,1H3,(H,11,12). The Morgan fingerprint density at radius 3 is 2.77 bits per heavy atom. The maximum absolute atomic E-state index is 11.4. The number of ether oxygens (including phenoxy) is 1. The largest absolute Gasteiger partial charge is 0.381 e. The van der Waals surface area contributed by atoms with Crippen LogP contribution in [0.2, 0.25) is 0 Å². The second kappa shape index (κ2) is 5.45. The molecule has 0 aliphatic carbocycles. The van der Waals surface area contributed by atoms with Crippen LogP contribution in [0, 0.1) is 5.92 Å². The number of nitrogens with one attached hydrogen (secondary N) is 1. The maximum Gasteiger partial charge on any atom is 0.224 e. The summed E-state index contributed by atoms with van der Waals surface area (Å²) < 4.78 is 5.19. The van der Waals surface area contributed by atoms with Gasteiger partial charge in [-0.05, 0) is 12.8 Å². The summed E-state index contributed by atoms with van der Waals surface area (Å²) in [6.07, 6.45) is 1.83. The molecular formula is C9H16ClNO2. The Morgan fingerprint density at radius 1 is 1.62 bits per heavy atom. The van der Waals surface area contributed by atoms with E-state index in [1.807, 2.05) is 6.92 Å². The molecule has 1 unspecified atom stereocenters. The van der Waals surface area contributed by atoms with Crippen LogP contribution in [-0.2, 0) is 9.53 Å². The Hall–Kier alpha value is -0.280. The molecule has 0 bridgehead atoms. The Balaban J connectivity index is 2.26. The molecule has 0 radical (unpaired) electrons. The number of halogens is 1. The number of hydrogen-bond acceptors (Lipinski definition) is 2. The molecule has 1 aliphatic heterocycles. The molecule has 1 amide bonds. The van der Waals surface area contributed by atoms with Gasteiger partial charge in [0.25, 0.3) is 0 Å². The number of rotatable bonds is 3. The lowest BCUT2D eigenvalue weighted by Gasteiger charge is -2.24. The molecule has 0 aromatic heterocycles. The van der Waals surface area contributed by atoms with E-state index in [4.69, 9.17) is 16.3 Å². The predicted octanol–water partition coefficient (Wildman–Crippen LogP) is 1.16. The summed E-state index contributed by atoms with van der Waals surface area (Å²) in [7, 11) is 0. The average molecular weight is 206 g/mol. The fourth-order valence-corrected chi connectivity index (χ4v) is 1.40. The molecule has 0 spiro atoms. The van der Waals surface area contributed by atoms with Crippen molar-refractivity contribution in [1.29, 1.82) is 0 Å². The molecule has 1 rings (SSSR count). The van der Waals surface area contributed by atoms with Crippen molar-refractivity contribution >= 4 is 17.5 Å². The minimum atomic E-state index is -0.0930. The SMILES string of the molecule is CC(CCl)C(=O)NC1CCOCC1. The van der Waals surface area contributed by atoms with E-state index in [0.717, 1.165) is 26.1 Å². The summed E-state index contributed by atoms with van der Waals surface area (Å²) in [6, 6.07) is 0.284. The molecule has 13 heavy (non-hydrogen) atoms. The smallest absolute Gasteiger partial charge is 0.224 e. The number of carbonyl (C=O) groups is 1. The Labute approximate surface area is 83.8 Å². The van der Waals surface area contributed by atoms with Gasteiger partial charge >= 0.3 is 0 Å². The number of amides is 1. The quantitative estimate of drug-likeness (QED) is 0.703. The molecule has 76 valence electrons. The van der Waals surface area contributed by atoms with Gasteiger partial charge in [0.05, 0.1) is 0 Å². The molecule has 0 aromatic carbocycles. The van der Waals surface area contributed by atoms with Gasteiger partial charge in [0, 0.05) is 31.1 Å². The molecule has 1 heterocycles. The molecule has 0 aromatic rings. The third-order valence-corrected chi connectivity index (χ3v) is 2.71. The first kappa shape index (κ1) is 10.8. The van der Waals surface area contributed by atoms with E-state index in [0.29, 0.717) is 5.88 Å². The normalized spacial score (nSPS) is 21.1. The molecule has 1 saturated heterocycles. The van der Waals surface area contributed by atoms with E-state index >= 15 is 0 Å². The van der Waals surface area contributed by atoms with Gasteiger partial charge in [-0.15, -0.1) is 11.6 Å². The molecule has 4 heteroatoms. The van der Waals surface area contributed by atoms with Gasteiger partial charge in [-0.2, -0.15) is 0 Å². The van der Waals surface area contributed by atoms with Crippen LogP contribution in [0.25, 0.3) is 0 Å². The zero-order valence-electron chi connectivity index (χ0n) is 7.88. The summed E-state index contributed by atoms with van der Waals surface area (Å²) in [6.45, 7) is 3.34. The van der Waals surface area contributed by atoms with Crippen molar-refractivity contribution in [3.63, 3.8) is 0 Å². The Kier molecular flexibility index (Phi) is 4.53. The number of carbonyl (C=O) groups excluding carboxylic acids is 1. The lowest BCUT2D eigenvalue weighted by Crippen LogP contribution is -2.41. The zero-order chi connectivity index (χ0) is 9.68. The number of hydrogen-bond donors (Lipinski definition) is 1. The van der Waals surface area contributed by atoms with Gasteiger partial charge in [-0.25, -0.2) is 0 Å². The van der Waals surface area contributed by atoms with E-state index in [-0.39, 0.29) is 17.9 Å². The fraction of sp³-hybridized carbons (Fsp3) is 0.889. The lowest BCUT2D eigenvalue weighted by molar-refractivity contribution is -0.125. The van der Waals surface area contributed by atoms with Crippen molar-refractivity contribution in [3.8, 4) is 0 Å². The first-order valence-electron chi connectivity index (χ1n) is 4.68. The monoisotopic (exact) mass is 205 g/mol. The second-order valence-electron chi connectivity index (χ2n) is 3.45. The Morgan fingerprint density at radius 2 is 2.23 bits per heavy atom. The topological polar surface area (TPSA) is 38.3 Å². The third kappa shape index (κ3) is 3.53. The van der Waals surface area contributed by atoms with Gasteiger partial charge in [-0.1, -0.05) is 6.92 Å². The molecule has 1 N–H and O–H groups in total. The highest BCUT2D eigenvalue weighted by Crippen LogP contribution is 2.07. The highest BCUT2D eigenvalue weighted by Gasteiger charge is 2.18. The van der Waals surface area contributed by atoms with Crippen molar-refractivity contribution < 1.29 is 9.53 Å². The van der Waals surface area contributed by atoms with Crippen molar-refractivity contribution in [2.75, 3.05) is 19.1 Å². The van der Waals surface area contributed by atoms with Crippen molar-refractivity contribution in [3.05, 3.63) is 0 Å². The number of alkyl halides is 1. The van der Waals surface area contributed by atoms with Gasteiger partial charge in [0.15, 0.2) is 0 Å². The summed E-state index contributed by atoms with van der Waals surface area (Å²) in [5, 5.41) is 2.97. The lowest BCUT2D eigenvalue weighted by atomic mass is 10.1. The van der Waals surface area contributed by atoms with Crippen LogP contribution in [-0.4, -0.2) is 31.0 Å². The zero-order valence-corrected chi connectivity index (χ0v) is 8.64. The van der Waals surface area contributed by atoms with Gasteiger partial charge in [0.1, 0.15) is 0 Å². The van der Waals surface area contributed by atoms with E-state index in [9.17, 15) is 4.79 Å².